The molecule has 0 spiro atoms. The summed E-state index contributed by atoms with van der Waals surface area (Å²) in [6, 6.07) is 10.8. The first-order valence-electron chi connectivity index (χ1n) is 4.88. The van der Waals surface area contributed by atoms with Crippen molar-refractivity contribution in [3.63, 3.8) is 0 Å². The number of hydrogen-bond acceptors (Lipinski definition) is 2. The van der Waals surface area contributed by atoms with E-state index in [9.17, 15) is 0 Å². The first-order chi connectivity index (χ1) is 7.28. The van der Waals surface area contributed by atoms with Gasteiger partial charge >= 0.3 is 0 Å². The number of fused-ring (bicyclic) bond motifs is 1. The van der Waals surface area contributed by atoms with Crippen LogP contribution in [0.15, 0.2) is 52.5 Å². The summed E-state index contributed by atoms with van der Waals surface area (Å²) in [6.07, 6.45) is 4.08. The zero-order valence-corrected chi connectivity index (χ0v) is 9.99. The molecule has 1 aliphatic heterocycles. The van der Waals surface area contributed by atoms with Crippen LogP contribution in [0.3, 0.4) is 0 Å². The molecule has 0 aliphatic carbocycles. The lowest BCUT2D eigenvalue weighted by Crippen LogP contribution is -2.06. The van der Waals surface area contributed by atoms with Gasteiger partial charge in [-0.2, -0.15) is 0 Å². The van der Waals surface area contributed by atoms with Crippen molar-refractivity contribution < 1.29 is 0 Å². The van der Waals surface area contributed by atoms with Crippen LogP contribution in [0.25, 0.3) is 0 Å². The third-order valence-corrected chi connectivity index (χ3v) is 5.61. The molecule has 2 aromatic rings. The van der Waals surface area contributed by atoms with E-state index in [2.05, 4.69) is 48.4 Å². The Balaban J connectivity index is 2.01. The minimum Gasteiger partial charge on any atom is -0.367 e. The van der Waals surface area contributed by atoms with Crippen LogP contribution < -0.4 is 0 Å². The van der Waals surface area contributed by atoms with E-state index in [1.807, 2.05) is 29.7 Å². The highest BCUT2D eigenvalue weighted by molar-refractivity contribution is 8.20. The van der Waals surface area contributed by atoms with Crippen LogP contribution >= 0.6 is 23.5 Å². The SMILES string of the molecule is CC1(c2cc[nH]c2)Sc2ccccc2S1. The number of H-pyrrole nitrogens is 1. The topological polar surface area (TPSA) is 15.8 Å². The first kappa shape index (κ1) is 9.43. The van der Waals surface area contributed by atoms with E-state index >= 15 is 0 Å². The standard InChI is InChI=1S/C12H11NS2/c1-12(9-6-7-13-8-9)14-10-4-2-3-5-11(10)15-12/h2-8,13H,1H3. The van der Waals surface area contributed by atoms with E-state index in [4.69, 9.17) is 0 Å². The molecule has 0 saturated heterocycles. The van der Waals surface area contributed by atoms with Crippen LogP contribution in [0.5, 0.6) is 0 Å². The lowest BCUT2D eigenvalue weighted by Gasteiger charge is -2.19. The third-order valence-electron chi connectivity index (χ3n) is 2.58. The molecule has 1 nitrogen and oxygen atoms in total. The lowest BCUT2D eigenvalue weighted by molar-refractivity contribution is 1.02. The summed E-state index contributed by atoms with van der Waals surface area (Å²) in [6.45, 7) is 2.28. The summed E-state index contributed by atoms with van der Waals surface area (Å²) in [5.41, 5.74) is 1.36. The molecule has 2 heterocycles. The largest absolute Gasteiger partial charge is 0.367 e. The molecule has 1 aromatic carbocycles. The monoisotopic (exact) mass is 233 g/mol. The summed E-state index contributed by atoms with van der Waals surface area (Å²) >= 11 is 3.88. The van der Waals surface area contributed by atoms with Crippen LogP contribution in [0.4, 0.5) is 0 Å². The van der Waals surface area contributed by atoms with E-state index in [1.54, 1.807) is 0 Å². The van der Waals surface area contributed by atoms with Crippen molar-refractivity contribution in [1.82, 2.24) is 4.98 Å². The van der Waals surface area contributed by atoms with E-state index in [-0.39, 0.29) is 4.08 Å². The number of thioether (sulfide) groups is 2. The van der Waals surface area contributed by atoms with E-state index < -0.39 is 0 Å². The van der Waals surface area contributed by atoms with Gasteiger partial charge in [0, 0.05) is 22.2 Å². The number of aromatic amines is 1. The van der Waals surface area contributed by atoms with Crippen molar-refractivity contribution in [2.24, 2.45) is 0 Å². The molecule has 0 atom stereocenters. The molecular weight excluding hydrogens is 222 g/mol. The fourth-order valence-corrected chi connectivity index (χ4v) is 4.70. The van der Waals surface area contributed by atoms with Gasteiger partial charge in [-0.15, -0.1) is 23.5 Å². The molecule has 3 rings (SSSR count). The molecule has 0 saturated carbocycles. The number of aromatic nitrogens is 1. The molecule has 1 aliphatic rings. The lowest BCUT2D eigenvalue weighted by atomic mass is 10.2. The minimum atomic E-state index is 0.129. The maximum atomic E-state index is 3.13. The van der Waals surface area contributed by atoms with E-state index in [0.717, 1.165) is 0 Å². The Hall–Kier alpha value is -0.800. The fraction of sp³-hybridized carbons (Fsp3) is 0.167. The average Bonchev–Trinajstić information content (AvgIpc) is 2.83. The third kappa shape index (κ3) is 1.50. The molecule has 0 amide bonds. The smallest absolute Gasteiger partial charge is 0.0940 e. The van der Waals surface area contributed by atoms with Crippen molar-refractivity contribution in [3.05, 3.63) is 48.3 Å². The van der Waals surface area contributed by atoms with E-state index in [1.165, 1.54) is 15.4 Å². The van der Waals surface area contributed by atoms with Gasteiger partial charge in [0.15, 0.2) is 0 Å². The predicted molar refractivity (Wildman–Crippen MR) is 66.3 cm³/mol. The normalized spacial score (nSPS) is 17.7. The fourth-order valence-electron chi connectivity index (χ4n) is 1.78. The summed E-state index contributed by atoms with van der Waals surface area (Å²) in [5.74, 6) is 0. The van der Waals surface area contributed by atoms with Crippen LogP contribution in [0.1, 0.15) is 12.5 Å². The zero-order chi connectivity index (χ0) is 10.3. The minimum absolute atomic E-state index is 0.129. The van der Waals surface area contributed by atoms with Gasteiger partial charge in [0.1, 0.15) is 0 Å². The number of nitrogens with one attached hydrogen (secondary N) is 1. The van der Waals surface area contributed by atoms with Crippen molar-refractivity contribution in [1.29, 1.82) is 0 Å². The van der Waals surface area contributed by atoms with Crippen molar-refractivity contribution in [2.45, 2.75) is 20.8 Å². The molecular formula is C12H11NS2. The molecule has 0 radical (unpaired) electrons. The highest BCUT2D eigenvalue weighted by atomic mass is 32.2. The predicted octanol–water partition coefficient (Wildman–Crippen LogP) is 4.09. The molecule has 0 unspecified atom stereocenters. The van der Waals surface area contributed by atoms with Gasteiger partial charge in [-0.25, -0.2) is 0 Å². The van der Waals surface area contributed by atoms with Gasteiger partial charge in [0.05, 0.1) is 4.08 Å². The summed E-state index contributed by atoms with van der Waals surface area (Å²) in [4.78, 5) is 5.92. The highest BCUT2D eigenvalue weighted by Gasteiger charge is 2.36. The molecule has 3 heteroatoms. The van der Waals surface area contributed by atoms with Crippen molar-refractivity contribution in [3.8, 4) is 0 Å². The Morgan fingerprint density at radius 1 is 1.07 bits per heavy atom. The summed E-state index contributed by atoms with van der Waals surface area (Å²) < 4.78 is 0.129. The second kappa shape index (κ2) is 3.35. The molecule has 0 fully saturated rings. The average molecular weight is 233 g/mol. The first-order valence-corrected chi connectivity index (χ1v) is 6.51. The van der Waals surface area contributed by atoms with Gasteiger partial charge < -0.3 is 4.98 Å². The van der Waals surface area contributed by atoms with Gasteiger partial charge in [0.2, 0.25) is 0 Å². The second-order valence-corrected chi connectivity index (χ2v) is 6.88. The maximum absolute atomic E-state index is 3.13. The summed E-state index contributed by atoms with van der Waals surface area (Å²) in [7, 11) is 0. The Morgan fingerprint density at radius 3 is 2.27 bits per heavy atom. The van der Waals surface area contributed by atoms with Crippen LogP contribution in [-0.4, -0.2) is 4.98 Å². The Bertz CT molecular complexity index is 451. The van der Waals surface area contributed by atoms with Gasteiger partial charge in [0.25, 0.3) is 0 Å². The van der Waals surface area contributed by atoms with Crippen LogP contribution in [0, 0.1) is 0 Å². The number of benzene rings is 1. The van der Waals surface area contributed by atoms with Gasteiger partial charge in [-0.05, 0) is 30.7 Å². The molecule has 1 N–H and O–H groups in total. The molecule has 0 bridgehead atoms. The quantitative estimate of drug-likeness (QED) is 0.798. The molecule has 1 aromatic heterocycles. The molecule has 15 heavy (non-hydrogen) atoms. The van der Waals surface area contributed by atoms with E-state index in [0.29, 0.717) is 0 Å². The zero-order valence-electron chi connectivity index (χ0n) is 8.36. The number of hydrogen-bond donors (Lipinski definition) is 1. The van der Waals surface area contributed by atoms with Crippen LogP contribution in [-0.2, 0) is 4.08 Å². The second-order valence-electron chi connectivity index (χ2n) is 3.70. The maximum Gasteiger partial charge on any atom is 0.0940 e. The Labute approximate surface area is 97.7 Å². The summed E-state index contributed by atoms with van der Waals surface area (Å²) in [5, 5.41) is 0. The van der Waals surface area contributed by atoms with Gasteiger partial charge in [-0.1, -0.05) is 12.1 Å². The Morgan fingerprint density at radius 2 is 1.73 bits per heavy atom. The Kier molecular flexibility index (Phi) is 2.11. The van der Waals surface area contributed by atoms with Crippen LogP contribution in [0.2, 0.25) is 0 Å². The highest BCUT2D eigenvalue weighted by Crippen LogP contribution is 2.60. The number of rotatable bonds is 1. The van der Waals surface area contributed by atoms with Crippen molar-refractivity contribution in [2.75, 3.05) is 0 Å². The molecule has 76 valence electrons. The van der Waals surface area contributed by atoms with Gasteiger partial charge in [-0.3, -0.25) is 0 Å². The van der Waals surface area contributed by atoms with Crippen molar-refractivity contribution >= 4 is 23.5 Å².